The van der Waals surface area contributed by atoms with Gasteiger partial charge in [-0.25, -0.2) is 0 Å². The summed E-state index contributed by atoms with van der Waals surface area (Å²) < 4.78 is 0. The van der Waals surface area contributed by atoms with Gasteiger partial charge in [-0.3, -0.25) is 4.79 Å². The van der Waals surface area contributed by atoms with Crippen LogP contribution < -0.4 is 0 Å². The van der Waals surface area contributed by atoms with E-state index < -0.39 is 0 Å². The molecule has 0 aromatic rings. The van der Waals surface area contributed by atoms with Gasteiger partial charge in [0.05, 0.1) is 6.61 Å². The van der Waals surface area contributed by atoms with Gasteiger partial charge in [-0.05, 0) is 42.4 Å². The number of hydrogen-bond donors (Lipinski definition) is 2. The van der Waals surface area contributed by atoms with E-state index in [-0.39, 0.29) is 31.1 Å². The Morgan fingerprint density at radius 3 is 1.85 bits per heavy atom. The molecule has 2 rings (SSSR count). The highest BCUT2D eigenvalue weighted by Gasteiger charge is 2.37. The minimum absolute atomic E-state index is 0. The zero-order chi connectivity index (χ0) is 14.7. The largest absolute Gasteiger partial charge is 0.396 e. The Bertz CT molecular complexity index is 307. The summed E-state index contributed by atoms with van der Waals surface area (Å²) in [6.07, 6.45) is 5.21. The van der Waals surface area contributed by atoms with Crippen LogP contribution in [0.2, 0.25) is 0 Å². The van der Waals surface area contributed by atoms with Crippen LogP contribution in [0.4, 0.5) is 0 Å². The lowest BCUT2D eigenvalue weighted by atomic mass is 9.91. The minimum Gasteiger partial charge on any atom is -0.396 e. The SMILES string of the molecule is C.CC1(C)CC(=O)C(CO)C1.CC1(C)CCC(CO)C1. The van der Waals surface area contributed by atoms with Crippen molar-refractivity contribution in [1.82, 2.24) is 0 Å². The van der Waals surface area contributed by atoms with Gasteiger partial charge in [0.2, 0.25) is 0 Å². The Hall–Kier alpha value is -0.410. The second-order valence-electron chi connectivity index (χ2n) is 7.85. The zero-order valence-corrected chi connectivity index (χ0v) is 12.9. The summed E-state index contributed by atoms with van der Waals surface area (Å²) in [6.45, 7) is 9.12. The number of aliphatic hydroxyl groups is 2. The van der Waals surface area contributed by atoms with Crippen LogP contribution in [0.15, 0.2) is 0 Å². The molecule has 2 saturated carbocycles. The Morgan fingerprint density at radius 1 is 1.05 bits per heavy atom. The normalized spacial score (nSPS) is 30.4. The third-order valence-electron chi connectivity index (χ3n) is 4.46. The average molecular weight is 286 g/mol. The summed E-state index contributed by atoms with van der Waals surface area (Å²) in [5.41, 5.74) is 0.637. The number of carbonyl (C=O) groups excluding carboxylic acids is 1. The fourth-order valence-corrected chi connectivity index (χ4v) is 3.37. The molecule has 0 aromatic heterocycles. The van der Waals surface area contributed by atoms with Crippen molar-refractivity contribution >= 4 is 5.78 Å². The number of Topliss-reactive ketones (excluding diaryl/α,β-unsaturated/α-hetero) is 1. The predicted octanol–water partition coefficient (Wildman–Crippen LogP) is 3.43. The molecule has 120 valence electrons. The minimum atomic E-state index is -0.0741. The lowest BCUT2D eigenvalue weighted by Crippen LogP contribution is -2.10. The topological polar surface area (TPSA) is 57.5 Å². The van der Waals surface area contributed by atoms with Crippen molar-refractivity contribution in [2.24, 2.45) is 22.7 Å². The molecule has 3 heteroatoms. The van der Waals surface area contributed by atoms with Crippen molar-refractivity contribution in [3.63, 3.8) is 0 Å². The first-order chi connectivity index (χ1) is 8.69. The first kappa shape index (κ1) is 19.6. The summed E-state index contributed by atoms with van der Waals surface area (Å²) in [5.74, 6) is 0.752. The lowest BCUT2D eigenvalue weighted by Gasteiger charge is -2.15. The number of carbonyl (C=O) groups is 1. The van der Waals surface area contributed by atoms with Crippen LogP contribution >= 0.6 is 0 Å². The molecular weight excluding hydrogens is 252 g/mol. The molecule has 0 amide bonds. The molecule has 20 heavy (non-hydrogen) atoms. The molecule has 2 unspecified atom stereocenters. The average Bonchev–Trinajstić information content (AvgIpc) is 2.78. The van der Waals surface area contributed by atoms with Crippen molar-refractivity contribution in [3.8, 4) is 0 Å². The van der Waals surface area contributed by atoms with Crippen LogP contribution in [0.3, 0.4) is 0 Å². The van der Waals surface area contributed by atoms with Gasteiger partial charge < -0.3 is 10.2 Å². The molecule has 0 aromatic carbocycles. The molecule has 2 fully saturated rings. The van der Waals surface area contributed by atoms with E-state index in [1.807, 2.05) is 0 Å². The number of hydrogen-bond acceptors (Lipinski definition) is 3. The van der Waals surface area contributed by atoms with E-state index in [9.17, 15) is 4.79 Å². The van der Waals surface area contributed by atoms with Gasteiger partial charge >= 0.3 is 0 Å². The Kier molecular flexibility index (Phi) is 7.40. The highest BCUT2D eigenvalue weighted by molar-refractivity contribution is 5.84. The van der Waals surface area contributed by atoms with Gasteiger partial charge in [0.15, 0.2) is 0 Å². The maximum Gasteiger partial charge on any atom is 0.138 e. The van der Waals surface area contributed by atoms with Crippen LogP contribution in [0.1, 0.15) is 67.2 Å². The van der Waals surface area contributed by atoms with E-state index >= 15 is 0 Å². The summed E-state index contributed by atoms with van der Waals surface area (Å²) in [4.78, 5) is 11.1. The number of rotatable bonds is 2. The molecular formula is C17H34O3. The maximum absolute atomic E-state index is 11.1. The summed E-state index contributed by atoms with van der Waals surface area (Å²) in [7, 11) is 0. The third-order valence-corrected chi connectivity index (χ3v) is 4.46. The quantitative estimate of drug-likeness (QED) is 0.817. The van der Waals surface area contributed by atoms with Gasteiger partial charge in [-0.2, -0.15) is 0 Å². The van der Waals surface area contributed by atoms with E-state index in [1.54, 1.807) is 0 Å². The van der Waals surface area contributed by atoms with Gasteiger partial charge in [0, 0.05) is 18.9 Å². The standard InChI is InChI=1S/C8H14O2.C8H16O.CH4/c1-8(2)3-6(5-9)7(10)4-8;1-8(2)4-3-7(5-8)6-9;/h6,9H,3-5H2,1-2H3;7,9H,3-6H2,1-2H3;1H4. The lowest BCUT2D eigenvalue weighted by molar-refractivity contribution is -0.121. The van der Waals surface area contributed by atoms with Crippen molar-refractivity contribution in [3.05, 3.63) is 0 Å². The monoisotopic (exact) mass is 286 g/mol. The molecule has 0 bridgehead atoms. The summed E-state index contributed by atoms with van der Waals surface area (Å²) in [5, 5.41) is 17.5. The van der Waals surface area contributed by atoms with Gasteiger partial charge in [-0.15, -0.1) is 0 Å². The maximum atomic E-state index is 11.1. The van der Waals surface area contributed by atoms with E-state index in [0.29, 0.717) is 24.4 Å². The first-order valence-electron chi connectivity index (χ1n) is 7.43. The van der Waals surface area contributed by atoms with Crippen molar-refractivity contribution in [2.75, 3.05) is 13.2 Å². The first-order valence-corrected chi connectivity index (χ1v) is 7.43. The van der Waals surface area contributed by atoms with Gasteiger partial charge in [0.1, 0.15) is 5.78 Å². The van der Waals surface area contributed by atoms with Crippen LogP contribution in [0, 0.1) is 22.7 Å². The molecule has 0 saturated heterocycles. The second kappa shape index (κ2) is 7.56. The van der Waals surface area contributed by atoms with Crippen LogP contribution in [0.5, 0.6) is 0 Å². The smallest absolute Gasteiger partial charge is 0.138 e. The zero-order valence-electron chi connectivity index (χ0n) is 12.9. The van der Waals surface area contributed by atoms with E-state index in [2.05, 4.69) is 27.7 Å². The Morgan fingerprint density at radius 2 is 1.65 bits per heavy atom. The molecule has 0 heterocycles. The van der Waals surface area contributed by atoms with E-state index in [1.165, 1.54) is 19.3 Å². The van der Waals surface area contributed by atoms with E-state index in [0.717, 1.165) is 6.42 Å². The van der Waals surface area contributed by atoms with E-state index in [4.69, 9.17) is 10.2 Å². The Balaban J connectivity index is 0.000000345. The second-order valence-corrected chi connectivity index (χ2v) is 7.85. The molecule has 2 N–H and O–H groups in total. The van der Waals surface area contributed by atoms with Crippen LogP contribution in [-0.2, 0) is 4.79 Å². The fourth-order valence-electron chi connectivity index (χ4n) is 3.37. The summed E-state index contributed by atoms with van der Waals surface area (Å²) >= 11 is 0. The molecule has 2 aliphatic rings. The fraction of sp³-hybridized carbons (Fsp3) is 0.941. The Labute approximate surface area is 124 Å². The van der Waals surface area contributed by atoms with Crippen molar-refractivity contribution < 1.29 is 15.0 Å². The van der Waals surface area contributed by atoms with Gasteiger partial charge in [-0.1, -0.05) is 35.1 Å². The molecule has 2 aliphatic carbocycles. The summed E-state index contributed by atoms with van der Waals surface area (Å²) in [6, 6.07) is 0. The number of aliphatic hydroxyl groups excluding tert-OH is 2. The highest BCUT2D eigenvalue weighted by atomic mass is 16.3. The molecule has 0 aliphatic heterocycles. The van der Waals surface area contributed by atoms with Crippen LogP contribution in [0.25, 0.3) is 0 Å². The van der Waals surface area contributed by atoms with Crippen molar-refractivity contribution in [1.29, 1.82) is 0 Å². The molecule has 3 nitrogen and oxygen atoms in total. The van der Waals surface area contributed by atoms with Crippen molar-refractivity contribution in [2.45, 2.75) is 67.2 Å². The molecule has 0 radical (unpaired) electrons. The highest BCUT2D eigenvalue weighted by Crippen LogP contribution is 2.40. The molecule has 2 atom stereocenters. The van der Waals surface area contributed by atoms with Gasteiger partial charge in [0.25, 0.3) is 0 Å². The number of ketones is 1. The third kappa shape index (κ3) is 5.92. The molecule has 0 spiro atoms. The van der Waals surface area contributed by atoms with Crippen LogP contribution in [-0.4, -0.2) is 29.2 Å². The predicted molar refractivity (Wildman–Crippen MR) is 83.5 cm³/mol.